The van der Waals surface area contributed by atoms with Crippen molar-refractivity contribution in [1.29, 1.82) is 0 Å². The fourth-order valence-corrected chi connectivity index (χ4v) is 3.13. The summed E-state index contributed by atoms with van der Waals surface area (Å²) in [6.07, 6.45) is 0. The molecule has 3 rings (SSSR count). The highest BCUT2D eigenvalue weighted by Crippen LogP contribution is 2.28. The van der Waals surface area contributed by atoms with Gasteiger partial charge < -0.3 is 20.1 Å². The number of para-hydroxylation sites is 1. The van der Waals surface area contributed by atoms with E-state index in [1.165, 1.54) is 7.11 Å². The van der Waals surface area contributed by atoms with Crippen LogP contribution in [0.25, 0.3) is 10.9 Å². The number of aromatic carboxylic acids is 1. The van der Waals surface area contributed by atoms with E-state index >= 15 is 0 Å². The number of hydrogen-bond acceptors (Lipinski definition) is 4. The normalized spacial score (nSPS) is 10.7. The van der Waals surface area contributed by atoms with E-state index in [4.69, 9.17) is 22.7 Å². The number of thiocarbonyl (C=S) groups is 1. The fraction of sp³-hybridized carbons (Fsp3) is 0.105. The summed E-state index contributed by atoms with van der Waals surface area (Å²) in [5.41, 5.74) is 7.78. The van der Waals surface area contributed by atoms with Crippen molar-refractivity contribution in [3.63, 3.8) is 0 Å². The van der Waals surface area contributed by atoms with Crippen LogP contribution >= 0.6 is 12.2 Å². The minimum Gasteiger partial charge on any atom is -0.478 e. The molecule has 7 heteroatoms. The number of methoxy groups -OCH3 is 1. The molecule has 0 saturated heterocycles. The van der Waals surface area contributed by atoms with E-state index < -0.39 is 11.9 Å². The summed E-state index contributed by atoms with van der Waals surface area (Å²) in [5, 5.41) is 10.1. The van der Waals surface area contributed by atoms with Crippen LogP contribution in [0.5, 0.6) is 0 Å². The van der Waals surface area contributed by atoms with Crippen molar-refractivity contribution in [3.8, 4) is 0 Å². The van der Waals surface area contributed by atoms with E-state index in [2.05, 4.69) is 0 Å². The zero-order valence-corrected chi connectivity index (χ0v) is 14.7. The third-order valence-corrected chi connectivity index (χ3v) is 4.35. The summed E-state index contributed by atoms with van der Waals surface area (Å²) in [4.78, 5) is 24.4. The van der Waals surface area contributed by atoms with Crippen molar-refractivity contribution in [2.75, 3.05) is 7.11 Å². The highest BCUT2D eigenvalue weighted by atomic mass is 32.1. The Balaban J connectivity index is 2.25. The van der Waals surface area contributed by atoms with Crippen molar-refractivity contribution in [2.45, 2.75) is 6.54 Å². The second-order valence-corrected chi connectivity index (χ2v) is 6.13. The monoisotopic (exact) mass is 368 g/mol. The largest absolute Gasteiger partial charge is 0.478 e. The summed E-state index contributed by atoms with van der Waals surface area (Å²) in [7, 11) is 1.23. The molecule has 3 N–H and O–H groups in total. The number of nitrogens with zero attached hydrogens (tertiary/aromatic N) is 1. The molecule has 0 aliphatic carbocycles. The van der Waals surface area contributed by atoms with Crippen LogP contribution in [0, 0.1) is 0 Å². The number of fused-ring (bicyclic) bond motifs is 1. The number of rotatable bonds is 5. The predicted molar refractivity (Wildman–Crippen MR) is 102 cm³/mol. The summed E-state index contributed by atoms with van der Waals surface area (Å²) >= 11 is 5.01. The molecule has 0 radical (unpaired) electrons. The predicted octanol–water partition coefficient (Wildman–Crippen LogP) is 2.81. The maximum Gasteiger partial charge on any atom is 0.355 e. The Morgan fingerprint density at radius 2 is 1.92 bits per heavy atom. The molecule has 132 valence electrons. The molecule has 0 amide bonds. The van der Waals surface area contributed by atoms with E-state index in [0.29, 0.717) is 16.5 Å². The molecule has 0 aliphatic rings. The quantitative estimate of drug-likeness (QED) is 0.531. The number of esters is 1. The minimum atomic E-state index is -1.18. The molecule has 3 aromatic rings. The number of nitrogens with two attached hydrogens (primary N) is 1. The Kier molecular flexibility index (Phi) is 4.73. The first-order chi connectivity index (χ1) is 12.4. The maximum absolute atomic E-state index is 12.3. The number of carbonyl (C=O) groups is 2. The van der Waals surface area contributed by atoms with Gasteiger partial charge in [-0.15, -0.1) is 0 Å². The first-order valence-electron chi connectivity index (χ1n) is 7.75. The van der Waals surface area contributed by atoms with Crippen molar-refractivity contribution in [3.05, 3.63) is 70.9 Å². The number of hydrogen-bond donors (Lipinski definition) is 2. The molecular weight excluding hydrogens is 352 g/mol. The second-order valence-electron chi connectivity index (χ2n) is 5.69. The van der Waals surface area contributed by atoms with E-state index in [0.717, 1.165) is 5.56 Å². The average Bonchev–Trinajstić information content (AvgIpc) is 2.96. The van der Waals surface area contributed by atoms with Gasteiger partial charge in [0.2, 0.25) is 0 Å². The first-order valence-corrected chi connectivity index (χ1v) is 8.16. The number of benzene rings is 2. The Bertz CT molecular complexity index is 1040. The topological polar surface area (TPSA) is 94.5 Å². The van der Waals surface area contributed by atoms with Gasteiger partial charge in [0.05, 0.1) is 12.7 Å². The molecule has 2 aromatic carbocycles. The van der Waals surface area contributed by atoms with E-state index in [9.17, 15) is 14.7 Å². The second kappa shape index (κ2) is 6.97. The van der Waals surface area contributed by atoms with Gasteiger partial charge in [0.1, 0.15) is 10.7 Å². The van der Waals surface area contributed by atoms with Crippen molar-refractivity contribution in [2.24, 2.45) is 5.73 Å². The third kappa shape index (κ3) is 3.04. The van der Waals surface area contributed by atoms with Gasteiger partial charge in [-0.3, -0.25) is 0 Å². The van der Waals surface area contributed by atoms with Crippen LogP contribution in [0.15, 0.2) is 48.5 Å². The van der Waals surface area contributed by atoms with Crippen LogP contribution in [0.2, 0.25) is 0 Å². The van der Waals surface area contributed by atoms with Crippen LogP contribution in [-0.4, -0.2) is 33.7 Å². The molecule has 0 unspecified atom stereocenters. The first kappa shape index (κ1) is 17.6. The van der Waals surface area contributed by atoms with Crippen molar-refractivity contribution >= 4 is 40.0 Å². The van der Waals surface area contributed by atoms with Gasteiger partial charge in [-0.1, -0.05) is 48.6 Å². The number of carboxylic acid groups (broad SMARTS) is 1. The molecule has 0 bridgehead atoms. The lowest BCUT2D eigenvalue weighted by molar-refractivity contribution is 0.0572. The van der Waals surface area contributed by atoms with E-state index in [1.54, 1.807) is 34.9 Å². The lowest BCUT2D eigenvalue weighted by atomic mass is 10.1. The number of carboxylic acids is 1. The van der Waals surface area contributed by atoms with Crippen LogP contribution < -0.4 is 5.73 Å². The molecule has 6 nitrogen and oxygen atoms in total. The summed E-state index contributed by atoms with van der Waals surface area (Å²) in [5.74, 6) is -1.89. The highest BCUT2D eigenvalue weighted by molar-refractivity contribution is 7.80. The van der Waals surface area contributed by atoms with Gasteiger partial charge in [0.25, 0.3) is 0 Å². The summed E-state index contributed by atoms with van der Waals surface area (Å²) in [6, 6.07) is 14.2. The van der Waals surface area contributed by atoms with Gasteiger partial charge in [-0.05, 0) is 17.7 Å². The van der Waals surface area contributed by atoms with Gasteiger partial charge in [-0.25, -0.2) is 9.59 Å². The lowest BCUT2D eigenvalue weighted by Crippen LogP contribution is -2.16. The zero-order chi connectivity index (χ0) is 18.8. The van der Waals surface area contributed by atoms with Gasteiger partial charge >= 0.3 is 11.9 Å². The van der Waals surface area contributed by atoms with Crippen molar-refractivity contribution in [1.82, 2.24) is 4.57 Å². The molecule has 1 heterocycles. The minimum absolute atomic E-state index is 0.00179. The molecule has 26 heavy (non-hydrogen) atoms. The van der Waals surface area contributed by atoms with Crippen LogP contribution in [0.4, 0.5) is 0 Å². The molecule has 0 spiro atoms. The SMILES string of the molecule is COC(=O)c1c(C(=O)O)c2ccccc2n1Cc1cccc(C(N)=S)c1. The Morgan fingerprint density at radius 1 is 1.19 bits per heavy atom. The number of aromatic nitrogens is 1. The average molecular weight is 368 g/mol. The van der Waals surface area contributed by atoms with E-state index in [-0.39, 0.29) is 22.8 Å². The molecule has 0 saturated carbocycles. The lowest BCUT2D eigenvalue weighted by Gasteiger charge is -2.11. The smallest absolute Gasteiger partial charge is 0.355 e. The third-order valence-electron chi connectivity index (χ3n) is 4.12. The van der Waals surface area contributed by atoms with Gasteiger partial charge in [0, 0.05) is 23.0 Å². The standard InChI is InChI=1S/C19H16N2O4S/c1-25-19(24)16-15(18(22)23)13-7-2-3-8-14(13)21(16)10-11-5-4-6-12(9-11)17(20)26/h2-9H,10H2,1H3,(H2,20,26)(H,22,23). The summed E-state index contributed by atoms with van der Waals surface area (Å²) < 4.78 is 6.48. The molecule has 0 atom stereocenters. The van der Waals surface area contributed by atoms with Crippen LogP contribution in [-0.2, 0) is 11.3 Å². The Hall–Kier alpha value is -3.19. The Morgan fingerprint density at radius 3 is 2.58 bits per heavy atom. The van der Waals surface area contributed by atoms with Crippen molar-refractivity contribution < 1.29 is 19.4 Å². The van der Waals surface area contributed by atoms with Crippen LogP contribution in [0.3, 0.4) is 0 Å². The molecule has 0 fully saturated rings. The highest BCUT2D eigenvalue weighted by Gasteiger charge is 2.27. The van der Waals surface area contributed by atoms with Gasteiger partial charge in [0.15, 0.2) is 0 Å². The molecule has 1 aromatic heterocycles. The fourth-order valence-electron chi connectivity index (χ4n) is 3.00. The molecular formula is C19H16N2O4S. The maximum atomic E-state index is 12.3. The van der Waals surface area contributed by atoms with E-state index in [1.807, 2.05) is 18.2 Å². The zero-order valence-electron chi connectivity index (χ0n) is 13.9. The Labute approximate surface area is 154 Å². The van der Waals surface area contributed by atoms with Crippen LogP contribution in [0.1, 0.15) is 32.0 Å². The van der Waals surface area contributed by atoms with Gasteiger partial charge in [-0.2, -0.15) is 0 Å². The number of ether oxygens (including phenoxy) is 1. The molecule has 0 aliphatic heterocycles. The number of carbonyl (C=O) groups excluding carboxylic acids is 1. The summed E-state index contributed by atoms with van der Waals surface area (Å²) in [6.45, 7) is 0.272.